The van der Waals surface area contributed by atoms with E-state index in [9.17, 15) is 0 Å². The zero-order chi connectivity index (χ0) is 14.2. The molecule has 4 heteroatoms. The van der Waals surface area contributed by atoms with Gasteiger partial charge in [0.05, 0.1) is 5.56 Å². The van der Waals surface area contributed by atoms with Crippen LogP contribution in [-0.4, -0.2) is 23.4 Å². The van der Waals surface area contributed by atoms with E-state index < -0.39 is 0 Å². The molecule has 1 aromatic rings. The molecular weight excluding hydrogens is 236 g/mol. The van der Waals surface area contributed by atoms with Crippen LogP contribution in [-0.2, 0) is 12.8 Å². The van der Waals surface area contributed by atoms with Crippen molar-refractivity contribution in [1.29, 1.82) is 5.41 Å². The summed E-state index contributed by atoms with van der Waals surface area (Å²) < 4.78 is 0. The fourth-order valence-electron chi connectivity index (χ4n) is 2.44. The Labute approximate surface area is 115 Å². The van der Waals surface area contributed by atoms with Gasteiger partial charge in [-0.25, -0.2) is 4.98 Å². The Hall–Kier alpha value is -1.58. The van der Waals surface area contributed by atoms with Crippen LogP contribution in [0.3, 0.4) is 0 Å². The summed E-state index contributed by atoms with van der Waals surface area (Å²) in [5.74, 6) is 0.955. The monoisotopic (exact) mass is 260 g/mol. The van der Waals surface area contributed by atoms with E-state index in [0.717, 1.165) is 37.1 Å². The summed E-state index contributed by atoms with van der Waals surface area (Å²) >= 11 is 0. The lowest BCUT2D eigenvalue weighted by Gasteiger charge is -2.37. The molecule has 1 aliphatic rings. The van der Waals surface area contributed by atoms with E-state index in [1.54, 1.807) is 0 Å². The highest BCUT2D eigenvalue weighted by atomic mass is 15.2. The summed E-state index contributed by atoms with van der Waals surface area (Å²) in [4.78, 5) is 6.95. The van der Waals surface area contributed by atoms with E-state index in [4.69, 9.17) is 16.1 Å². The van der Waals surface area contributed by atoms with Crippen LogP contribution in [0.1, 0.15) is 50.4 Å². The topological polar surface area (TPSA) is 66.0 Å². The van der Waals surface area contributed by atoms with Gasteiger partial charge in [-0.3, -0.25) is 5.41 Å². The molecule has 0 radical (unpaired) electrons. The van der Waals surface area contributed by atoms with Gasteiger partial charge in [0.15, 0.2) is 0 Å². The molecule has 19 heavy (non-hydrogen) atoms. The molecule has 0 aromatic carbocycles. The number of nitrogen functional groups attached to an aromatic ring is 1. The minimum Gasteiger partial charge on any atom is -0.384 e. The third-order valence-corrected chi connectivity index (χ3v) is 4.41. The van der Waals surface area contributed by atoms with Gasteiger partial charge >= 0.3 is 0 Å². The fraction of sp³-hybridized carbons (Fsp3) is 0.600. The number of nitrogens with zero attached hydrogens (tertiary/aromatic N) is 2. The molecule has 0 saturated heterocycles. The number of aryl methyl sites for hydroxylation is 2. The summed E-state index contributed by atoms with van der Waals surface area (Å²) in [7, 11) is 2.04. The lowest BCUT2D eigenvalue weighted by molar-refractivity contribution is 0.466. The average Bonchev–Trinajstić information content (AvgIpc) is 2.83. The van der Waals surface area contributed by atoms with Crippen LogP contribution < -0.4 is 10.6 Å². The molecule has 2 rings (SSSR count). The Morgan fingerprint density at radius 1 is 1.47 bits per heavy atom. The highest BCUT2D eigenvalue weighted by Gasteiger charge is 2.27. The largest absolute Gasteiger partial charge is 0.384 e. The molecule has 1 aliphatic carbocycles. The minimum atomic E-state index is 0.00401. The van der Waals surface area contributed by atoms with Gasteiger partial charge in [0.2, 0.25) is 0 Å². The summed E-state index contributed by atoms with van der Waals surface area (Å²) in [6, 6.07) is 2.06. The zero-order valence-electron chi connectivity index (χ0n) is 12.4. The van der Waals surface area contributed by atoms with Gasteiger partial charge in [0.25, 0.3) is 0 Å². The second kappa shape index (κ2) is 4.83. The Kier molecular flexibility index (Phi) is 3.52. The van der Waals surface area contributed by atoms with Crippen LogP contribution >= 0.6 is 0 Å². The Balaban J connectivity index is 2.52. The van der Waals surface area contributed by atoms with Gasteiger partial charge in [-0.1, -0.05) is 6.92 Å². The standard InChI is InChI=1S/C15H24N4/c1-5-15(2,3)19(4)14-11(13(16)17)9-10-7-6-8-12(10)18-14/h9H,5-8H2,1-4H3,(H3,16,17). The van der Waals surface area contributed by atoms with Crippen molar-refractivity contribution in [2.24, 2.45) is 5.73 Å². The van der Waals surface area contributed by atoms with Crippen LogP contribution in [0.5, 0.6) is 0 Å². The van der Waals surface area contributed by atoms with E-state index in [-0.39, 0.29) is 11.4 Å². The van der Waals surface area contributed by atoms with Crippen LogP contribution in [0.15, 0.2) is 6.07 Å². The van der Waals surface area contributed by atoms with Crippen LogP contribution in [0.2, 0.25) is 0 Å². The van der Waals surface area contributed by atoms with Crippen molar-refractivity contribution in [2.75, 3.05) is 11.9 Å². The first-order valence-electron chi connectivity index (χ1n) is 6.98. The second-order valence-electron chi connectivity index (χ2n) is 5.96. The number of hydrogen-bond donors (Lipinski definition) is 2. The highest BCUT2D eigenvalue weighted by Crippen LogP contribution is 2.30. The Morgan fingerprint density at radius 2 is 2.16 bits per heavy atom. The number of aromatic nitrogens is 1. The van der Waals surface area contributed by atoms with Crippen molar-refractivity contribution in [3.8, 4) is 0 Å². The summed E-state index contributed by atoms with van der Waals surface area (Å²) in [6.07, 6.45) is 4.27. The van der Waals surface area contributed by atoms with Crippen molar-refractivity contribution in [1.82, 2.24) is 4.98 Å². The summed E-state index contributed by atoms with van der Waals surface area (Å²) in [5.41, 5.74) is 8.96. The molecule has 0 unspecified atom stereocenters. The molecule has 0 spiro atoms. The summed E-state index contributed by atoms with van der Waals surface area (Å²) in [6.45, 7) is 6.54. The maximum Gasteiger partial charge on any atom is 0.140 e. The first-order chi connectivity index (χ1) is 8.86. The molecule has 1 heterocycles. The van der Waals surface area contributed by atoms with Crippen molar-refractivity contribution < 1.29 is 0 Å². The Morgan fingerprint density at radius 3 is 2.74 bits per heavy atom. The molecule has 0 bridgehead atoms. The lowest BCUT2D eigenvalue weighted by atomic mass is 9.98. The number of pyridine rings is 1. The number of hydrogen-bond acceptors (Lipinski definition) is 3. The van der Waals surface area contributed by atoms with Crippen molar-refractivity contribution in [3.05, 3.63) is 22.9 Å². The highest BCUT2D eigenvalue weighted by molar-refractivity contribution is 6.00. The third-order valence-electron chi connectivity index (χ3n) is 4.41. The van der Waals surface area contributed by atoms with Gasteiger partial charge in [-0.2, -0.15) is 0 Å². The average molecular weight is 260 g/mol. The number of anilines is 1. The molecule has 0 aliphatic heterocycles. The van der Waals surface area contributed by atoms with E-state index in [0.29, 0.717) is 0 Å². The van der Waals surface area contributed by atoms with E-state index in [1.165, 1.54) is 11.3 Å². The molecule has 0 saturated carbocycles. The fourth-order valence-corrected chi connectivity index (χ4v) is 2.44. The lowest BCUT2D eigenvalue weighted by Crippen LogP contribution is -2.42. The molecule has 0 atom stereocenters. The quantitative estimate of drug-likeness (QED) is 0.645. The van der Waals surface area contributed by atoms with Crippen LogP contribution in [0.25, 0.3) is 0 Å². The SMILES string of the molecule is CCC(C)(C)N(C)c1nc2c(cc1C(=N)N)CCC2. The number of nitrogens with one attached hydrogen (secondary N) is 1. The van der Waals surface area contributed by atoms with Gasteiger partial charge in [0.1, 0.15) is 11.7 Å². The van der Waals surface area contributed by atoms with Gasteiger partial charge in [-0.05, 0) is 51.2 Å². The van der Waals surface area contributed by atoms with Crippen LogP contribution in [0.4, 0.5) is 5.82 Å². The number of fused-ring (bicyclic) bond motifs is 1. The number of rotatable bonds is 4. The third kappa shape index (κ3) is 2.44. The van der Waals surface area contributed by atoms with Gasteiger partial charge in [0, 0.05) is 18.3 Å². The smallest absolute Gasteiger partial charge is 0.140 e. The molecule has 1 aromatic heterocycles. The maximum absolute atomic E-state index is 7.80. The predicted molar refractivity (Wildman–Crippen MR) is 80.1 cm³/mol. The molecular formula is C15H24N4. The first kappa shape index (κ1) is 13.8. The van der Waals surface area contributed by atoms with Crippen molar-refractivity contribution >= 4 is 11.7 Å². The maximum atomic E-state index is 7.80. The predicted octanol–water partition coefficient (Wildman–Crippen LogP) is 2.48. The van der Waals surface area contributed by atoms with Crippen molar-refractivity contribution in [3.63, 3.8) is 0 Å². The Bertz CT molecular complexity index is 505. The molecule has 4 nitrogen and oxygen atoms in total. The zero-order valence-corrected chi connectivity index (χ0v) is 12.4. The molecule has 3 N–H and O–H groups in total. The van der Waals surface area contributed by atoms with Crippen molar-refractivity contribution in [2.45, 2.75) is 52.0 Å². The summed E-state index contributed by atoms with van der Waals surface area (Å²) in [5, 5.41) is 7.80. The second-order valence-corrected chi connectivity index (χ2v) is 5.96. The first-order valence-corrected chi connectivity index (χ1v) is 6.98. The van der Waals surface area contributed by atoms with Gasteiger partial charge in [-0.15, -0.1) is 0 Å². The van der Waals surface area contributed by atoms with E-state index >= 15 is 0 Å². The van der Waals surface area contributed by atoms with Crippen LogP contribution in [0, 0.1) is 5.41 Å². The van der Waals surface area contributed by atoms with Gasteiger partial charge < -0.3 is 10.6 Å². The minimum absolute atomic E-state index is 0.00401. The number of nitrogens with two attached hydrogens (primary N) is 1. The normalized spacial score (nSPS) is 14.3. The van der Waals surface area contributed by atoms with E-state index in [2.05, 4.69) is 31.7 Å². The molecule has 0 fully saturated rings. The van der Waals surface area contributed by atoms with E-state index in [1.807, 2.05) is 7.05 Å². The molecule has 104 valence electrons. The molecule has 0 amide bonds. The number of amidine groups is 1.